The van der Waals surface area contributed by atoms with Crippen LogP contribution in [0.5, 0.6) is 0 Å². The topological polar surface area (TPSA) is 103 Å². The van der Waals surface area contributed by atoms with Crippen molar-refractivity contribution in [2.75, 3.05) is 13.1 Å². The standard InChI is InChI=1S/C19H25N3O5S/c1-12-8-13(2)11-22(10-12)28(24,25)17-7-5-6-16(9-17)19(23)26-14(3)18-20-15(4)21-27-18/h5-7,9,12-14H,8,10-11H2,1-4H3. The van der Waals surface area contributed by atoms with Crippen LogP contribution in [0.25, 0.3) is 0 Å². The highest BCUT2D eigenvalue weighted by atomic mass is 32.2. The molecule has 2 heterocycles. The van der Waals surface area contributed by atoms with Crippen LogP contribution in [0.15, 0.2) is 33.7 Å². The Morgan fingerprint density at radius 2 is 1.96 bits per heavy atom. The minimum absolute atomic E-state index is 0.0875. The molecule has 3 atom stereocenters. The number of ether oxygens (including phenoxy) is 1. The zero-order chi connectivity index (χ0) is 20.5. The Morgan fingerprint density at radius 3 is 2.57 bits per heavy atom. The van der Waals surface area contributed by atoms with Gasteiger partial charge in [-0.1, -0.05) is 25.1 Å². The van der Waals surface area contributed by atoms with Crippen molar-refractivity contribution in [3.8, 4) is 0 Å². The van der Waals surface area contributed by atoms with Gasteiger partial charge in [-0.25, -0.2) is 13.2 Å². The molecular formula is C19H25N3O5S. The maximum absolute atomic E-state index is 13.0. The fraction of sp³-hybridized carbons (Fsp3) is 0.526. The second-order valence-corrected chi connectivity index (χ2v) is 9.46. The van der Waals surface area contributed by atoms with Crippen LogP contribution in [0.2, 0.25) is 0 Å². The van der Waals surface area contributed by atoms with E-state index >= 15 is 0 Å². The zero-order valence-electron chi connectivity index (χ0n) is 16.5. The van der Waals surface area contributed by atoms with Crippen molar-refractivity contribution in [3.05, 3.63) is 41.5 Å². The van der Waals surface area contributed by atoms with Crippen molar-refractivity contribution in [2.24, 2.45) is 11.8 Å². The summed E-state index contributed by atoms with van der Waals surface area (Å²) in [5, 5.41) is 3.67. The molecule has 1 aliphatic rings. The van der Waals surface area contributed by atoms with Crippen molar-refractivity contribution < 1.29 is 22.5 Å². The van der Waals surface area contributed by atoms with E-state index in [4.69, 9.17) is 9.26 Å². The number of nitrogens with zero attached hydrogens (tertiary/aromatic N) is 3. The van der Waals surface area contributed by atoms with Crippen molar-refractivity contribution in [1.82, 2.24) is 14.4 Å². The lowest BCUT2D eigenvalue weighted by molar-refractivity contribution is 0.0265. The van der Waals surface area contributed by atoms with Crippen LogP contribution in [-0.2, 0) is 14.8 Å². The summed E-state index contributed by atoms with van der Waals surface area (Å²) in [4.78, 5) is 16.6. The van der Waals surface area contributed by atoms with Crippen LogP contribution in [0.4, 0.5) is 0 Å². The molecule has 1 aromatic heterocycles. The zero-order valence-corrected chi connectivity index (χ0v) is 17.3. The first kappa shape index (κ1) is 20.5. The van der Waals surface area contributed by atoms with Crippen LogP contribution in [0.3, 0.4) is 0 Å². The first-order valence-electron chi connectivity index (χ1n) is 9.28. The van der Waals surface area contributed by atoms with Gasteiger partial charge in [0, 0.05) is 13.1 Å². The number of benzene rings is 1. The third-order valence-electron chi connectivity index (χ3n) is 4.72. The van der Waals surface area contributed by atoms with Crippen LogP contribution >= 0.6 is 0 Å². The van der Waals surface area contributed by atoms with E-state index in [0.29, 0.717) is 30.7 Å². The van der Waals surface area contributed by atoms with Gasteiger partial charge in [0.15, 0.2) is 11.9 Å². The number of hydrogen-bond acceptors (Lipinski definition) is 7. The number of carbonyl (C=O) groups excluding carboxylic acids is 1. The molecule has 0 radical (unpaired) electrons. The lowest BCUT2D eigenvalue weighted by atomic mass is 9.94. The first-order chi connectivity index (χ1) is 13.2. The van der Waals surface area contributed by atoms with Crippen molar-refractivity contribution in [3.63, 3.8) is 0 Å². The first-order valence-corrected chi connectivity index (χ1v) is 10.7. The molecule has 2 aromatic rings. The van der Waals surface area contributed by atoms with Crippen LogP contribution in [-0.4, -0.2) is 41.9 Å². The summed E-state index contributed by atoms with van der Waals surface area (Å²) >= 11 is 0. The monoisotopic (exact) mass is 407 g/mol. The SMILES string of the molecule is Cc1noc(C(C)OC(=O)c2cccc(S(=O)(=O)N3CC(C)CC(C)C3)c2)n1. The number of aryl methyl sites for hydroxylation is 1. The Hall–Kier alpha value is -2.26. The van der Waals surface area contributed by atoms with E-state index in [2.05, 4.69) is 10.1 Å². The van der Waals surface area contributed by atoms with E-state index in [1.165, 1.54) is 22.5 Å². The van der Waals surface area contributed by atoms with Gasteiger partial charge in [0.25, 0.3) is 5.89 Å². The molecule has 1 fully saturated rings. The molecule has 1 aromatic carbocycles. The summed E-state index contributed by atoms with van der Waals surface area (Å²) in [5.74, 6) is 0.568. The summed E-state index contributed by atoms with van der Waals surface area (Å²) in [6.45, 7) is 8.34. The van der Waals surface area contributed by atoms with Gasteiger partial charge in [-0.05, 0) is 50.3 Å². The normalized spacial score (nSPS) is 22.0. The molecule has 1 saturated heterocycles. The highest BCUT2D eigenvalue weighted by Crippen LogP contribution is 2.27. The van der Waals surface area contributed by atoms with Gasteiger partial charge < -0.3 is 9.26 Å². The highest BCUT2D eigenvalue weighted by molar-refractivity contribution is 7.89. The molecular weight excluding hydrogens is 382 g/mol. The largest absolute Gasteiger partial charge is 0.449 e. The molecule has 0 amide bonds. The van der Waals surface area contributed by atoms with Crippen LogP contribution in [0, 0.1) is 18.8 Å². The molecule has 0 saturated carbocycles. The highest BCUT2D eigenvalue weighted by Gasteiger charge is 2.32. The molecule has 0 spiro atoms. The summed E-state index contributed by atoms with van der Waals surface area (Å²) in [6.07, 6.45) is 0.267. The molecule has 1 aliphatic heterocycles. The van der Waals surface area contributed by atoms with Gasteiger partial charge in [0.05, 0.1) is 10.5 Å². The second kappa shape index (κ2) is 8.00. The van der Waals surface area contributed by atoms with Gasteiger partial charge in [-0.2, -0.15) is 9.29 Å². The van der Waals surface area contributed by atoms with Crippen molar-refractivity contribution in [2.45, 2.75) is 45.1 Å². The van der Waals surface area contributed by atoms with Gasteiger partial charge in [-0.3, -0.25) is 0 Å². The maximum atomic E-state index is 13.0. The van der Waals surface area contributed by atoms with E-state index < -0.39 is 22.1 Å². The lowest BCUT2D eigenvalue weighted by Gasteiger charge is -2.34. The number of esters is 1. The van der Waals surface area contributed by atoms with E-state index in [1.54, 1.807) is 19.9 Å². The number of aromatic nitrogens is 2. The third kappa shape index (κ3) is 4.41. The van der Waals surface area contributed by atoms with E-state index in [0.717, 1.165) is 6.42 Å². The minimum atomic E-state index is -3.68. The number of piperidine rings is 1. The molecule has 0 bridgehead atoms. The predicted molar refractivity (Wildman–Crippen MR) is 101 cm³/mol. The lowest BCUT2D eigenvalue weighted by Crippen LogP contribution is -2.42. The van der Waals surface area contributed by atoms with Gasteiger partial charge in [-0.15, -0.1) is 0 Å². The minimum Gasteiger partial charge on any atom is -0.449 e. The summed E-state index contributed by atoms with van der Waals surface area (Å²) in [5.41, 5.74) is 0.155. The van der Waals surface area contributed by atoms with Crippen LogP contribution in [0.1, 0.15) is 55.4 Å². The quantitative estimate of drug-likeness (QED) is 0.702. The molecule has 9 heteroatoms. The van der Waals surface area contributed by atoms with Crippen LogP contribution < -0.4 is 0 Å². The Morgan fingerprint density at radius 1 is 1.29 bits per heavy atom. The van der Waals surface area contributed by atoms with E-state index in [9.17, 15) is 13.2 Å². The van der Waals surface area contributed by atoms with Gasteiger partial charge in [0.1, 0.15) is 0 Å². The van der Waals surface area contributed by atoms with E-state index in [-0.39, 0.29) is 16.3 Å². The Kier molecular flexibility index (Phi) is 5.85. The Labute approximate surface area is 164 Å². The predicted octanol–water partition coefficient (Wildman–Crippen LogP) is 2.96. The second-order valence-electron chi connectivity index (χ2n) is 7.52. The molecule has 0 aliphatic carbocycles. The Balaban J connectivity index is 1.78. The summed E-state index contributed by atoms with van der Waals surface area (Å²) in [6, 6.07) is 5.92. The van der Waals surface area contributed by atoms with Crippen molar-refractivity contribution >= 4 is 16.0 Å². The number of carbonyl (C=O) groups is 1. The smallest absolute Gasteiger partial charge is 0.338 e. The van der Waals surface area contributed by atoms with E-state index in [1.807, 2.05) is 13.8 Å². The number of hydrogen-bond donors (Lipinski definition) is 0. The summed E-state index contributed by atoms with van der Waals surface area (Å²) in [7, 11) is -3.68. The molecule has 8 nitrogen and oxygen atoms in total. The van der Waals surface area contributed by atoms with Crippen molar-refractivity contribution in [1.29, 1.82) is 0 Å². The number of rotatable bonds is 5. The molecule has 3 unspecified atom stereocenters. The third-order valence-corrected chi connectivity index (χ3v) is 6.55. The fourth-order valence-corrected chi connectivity index (χ4v) is 5.22. The molecule has 152 valence electrons. The Bertz CT molecular complexity index is 946. The molecule has 3 rings (SSSR count). The maximum Gasteiger partial charge on any atom is 0.338 e. The average Bonchev–Trinajstić information content (AvgIpc) is 3.07. The molecule has 28 heavy (non-hydrogen) atoms. The fourth-order valence-electron chi connectivity index (χ4n) is 3.49. The number of sulfonamides is 1. The molecule has 0 N–H and O–H groups in total. The average molecular weight is 407 g/mol. The van der Waals surface area contributed by atoms with Gasteiger partial charge >= 0.3 is 5.97 Å². The van der Waals surface area contributed by atoms with Gasteiger partial charge in [0.2, 0.25) is 10.0 Å². The summed E-state index contributed by atoms with van der Waals surface area (Å²) < 4.78 is 37.9.